The Labute approximate surface area is 217 Å². The van der Waals surface area contributed by atoms with Crippen LogP contribution in [-0.2, 0) is 9.47 Å². The summed E-state index contributed by atoms with van der Waals surface area (Å²) in [5.41, 5.74) is 3.40. The van der Waals surface area contributed by atoms with Gasteiger partial charge in [0.1, 0.15) is 17.2 Å². The Morgan fingerprint density at radius 3 is 2.62 bits per heavy atom. The third-order valence-corrected chi connectivity index (χ3v) is 9.05. The number of aryl methyl sites for hydroxylation is 2. The molecule has 6 heterocycles. The van der Waals surface area contributed by atoms with Gasteiger partial charge in [-0.05, 0) is 75.4 Å². The highest BCUT2D eigenvalue weighted by molar-refractivity contribution is 5.82. The first-order valence-electron chi connectivity index (χ1n) is 13.7. The Morgan fingerprint density at radius 2 is 1.86 bits per heavy atom. The van der Waals surface area contributed by atoms with Crippen LogP contribution in [0.1, 0.15) is 48.6 Å². The van der Waals surface area contributed by atoms with Gasteiger partial charge in [-0.15, -0.1) is 0 Å². The predicted octanol–water partition coefficient (Wildman–Crippen LogP) is 2.74. The Bertz CT molecular complexity index is 1310. The van der Waals surface area contributed by atoms with Crippen molar-refractivity contribution in [1.82, 2.24) is 24.6 Å². The van der Waals surface area contributed by atoms with Gasteiger partial charge in [-0.2, -0.15) is 5.10 Å². The third-order valence-electron chi connectivity index (χ3n) is 9.05. The topological polar surface area (TPSA) is 88.8 Å². The highest BCUT2D eigenvalue weighted by Gasteiger charge is 2.51. The van der Waals surface area contributed by atoms with E-state index in [2.05, 4.69) is 28.9 Å². The molecule has 0 amide bonds. The van der Waals surface area contributed by atoms with Crippen LogP contribution in [0.3, 0.4) is 0 Å². The van der Waals surface area contributed by atoms with E-state index >= 15 is 0 Å². The van der Waals surface area contributed by atoms with Crippen LogP contribution in [0.25, 0.3) is 16.7 Å². The maximum atomic E-state index is 9.90. The van der Waals surface area contributed by atoms with Gasteiger partial charge >= 0.3 is 0 Å². The SMILES string of the molecule is Cc1nc(N2CC3(CO)CC2CO3)cc(-n2ncc3cc(C)c(C4CCN(C5CCOC5)CC4)cc32)n1. The van der Waals surface area contributed by atoms with Gasteiger partial charge in [0, 0.05) is 30.5 Å². The van der Waals surface area contributed by atoms with Crippen LogP contribution in [0, 0.1) is 13.8 Å². The highest BCUT2D eigenvalue weighted by Crippen LogP contribution is 2.40. The van der Waals surface area contributed by atoms with Crippen molar-refractivity contribution in [2.45, 2.75) is 63.1 Å². The molecule has 0 aliphatic carbocycles. The minimum atomic E-state index is -0.463. The van der Waals surface area contributed by atoms with Gasteiger partial charge in [0.05, 0.1) is 44.1 Å². The summed E-state index contributed by atoms with van der Waals surface area (Å²) in [4.78, 5) is 14.4. The van der Waals surface area contributed by atoms with Crippen molar-refractivity contribution >= 4 is 16.7 Å². The maximum absolute atomic E-state index is 9.90. The summed E-state index contributed by atoms with van der Waals surface area (Å²) in [5.74, 6) is 2.94. The molecule has 3 aromatic rings. The molecule has 4 fully saturated rings. The second-order valence-corrected chi connectivity index (χ2v) is 11.4. The monoisotopic (exact) mass is 504 g/mol. The molecule has 0 saturated carbocycles. The molecule has 9 heteroatoms. The van der Waals surface area contributed by atoms with E-state index in [1.807, 2.05) is 23.9 Å². The number of fused-ring (bicyclic) bond motifs is 3. The fourth-order valence-electron chi connectivity index (χ4n) is 7.00. The Hall–Kier alpha value is -2.59. The van der Waals surface area contributed by atoms with Crippen LogP contribution in [0.4, 0.5) is 5.82 Å². The Kier molecular flexibility index (Phi) is 5.73. The molecule has 4 aliphatic heterocycles. The van der Waals surface area contributed by atoms with Crippen LogP contribution in [-0.4, -0.2) is 93.5 Å². The number of benzene rings is 1. The lowest BCUT2D eigenvalue weighted by atomic mass is 9.86. The van der Waals surface area contributed by atoms with E-state index in [0.717, 1.165) is 55.3 Å². The number of piperidine rings is 1. The smallest absolute Gasteiger partial charge is 0.159 e. The standard InChI is InChI=1S/C28H36N6O3/c1-18-9-21-13-29-34(25(21)10-24(18)20-3-6-32(7-4-20)22-5-8-36-14-22)27-11-26(30-19(2)31-27)33-16-28(17-35)12-23(33)15-37-28/h9-11,13,20,22-23,35H,3-8,12,14-17H2,1-2H3. The van der Waals surface area contributed by atoms with Crippen molar-refractivity contribution in [3.8, 4) is 5.82 Å². The summed E-state index contributed by atoms with van der Waals surface area (Å²) in [6, 6.07) is 7.50. The summed E-state index contributed by atoms with van der Waals surface area (Å²) < 4.78 is 13.5. The number of aliphatic hydroxyl groups excluding tert-OH is 1. The van der Waals surface area contributed by atoms with Gasteiger partial charge in [0.25, 0.3) is 0 Å². The van der Waals surface area contributed by atoms with E-state index in [9.17, 15) is 5.11 Å². The molecule has 7 rings (SSSR count). The first kappa shape index (κ1) is 23.5. The molecule has 1 aromatic carbocycles. The zero-order valence-electron chi connectivity index (χ0n) is 21.8. The zero-order chi connectivity index (χ0) is 25.1. The van der Waals surface area contributed by atoms with Crippen LogP contribution in [0.15, 0.2) is 24.4 Å². The predicted molar refractivity (Wildman–Crippen MR) is 140 cm³/mol. The summed E-state index contributed by atoms with van der Waals surface area (Å²) in [6.07, 6.45) is 6.30. The fraction of sp³-hybridized carbons (Fsp3) is 0.607. The van der Waals surface area contributed by atoms with Crippen molar-refractivity contribution in [3.05, 3.63) is 41.3 Å². The molecule has 2 aromatic heterocycles. The second kappa shape index (κ2) is 9.01. The molecule has 4 aliphatic rings. The van der Waals surface area contributed by atoms with Crippen molar-refractivity contribution in [2.24, 2.45) is 0 Å². The molecule has 4 saturated heterocycles. The van der Waals surface area contributed by atoms with Gasteiger partial charge in [-0.1, -0.05) is 0 Å². The van der Waals surface area contributed by atoms with Crippen LogP contribution >= 0.6 is 0 Å². The Morgan fingerprint density at radius 1 is 1.03 bits per heavy atom. The van der Waals surface area contributed by atoms with Crippen molar-refractivity contribution < 1.29 is 14.6 Å². The number of ether oxygens (including phenoxy) is 2. The zero-order valence-corrected chi connectivity index (χ0v) is 21.8. The molecule has 1 N–H and O–H groups in total. The van der Waals surface area contributed by atoms with Gasteiger partial charge < -0.3 is 19.5 Å². The number of aromatic nitrogens is 4. The lowest BCUT2D eigenvalue weighted by Crippen LogP contribution is -2.45. The minimum absolute atomic E-state index is 0.0379. The van der Waals surface area contributed by atoms with Gasteiger partial charge in [-0.3, -0.25) is 4.90 Å². The number of rotatable bonds is 5. The minimum Gasteiger partial charge on any atom is -0.393 e. The van der Waals surface area contributed by atoms with E-state index in [4.69, 9.17) is 24.5 Å². The molecule has 0 radical (unpaired) electrons. The van der Waals surface area contributed by atoms with E-state index in [-0.39, 0.29) is 12.6 Å². The lowest BCUT2D eigenvalue weighted by Gasteiger charge is -2.36. The molecule has 9 nitrogen and oxygen atoms in total. The van der Waals surface area contributed by atoms with Gasteiger partial charge in [-0.25, -0.2) is 14.6 Å². The average Bonchev–Trinajstić information content (AvgIpc) is 3.72. The average molecular weight is 505 g/mol. The quantitative estimate of drug-likeness (QED) is 0.568. The third kappa shape index (κ3) is 4.03. The van der Waals surface area contributed by atoms with Crippen molar-refractivity contribution in [2.75, 3.05) is 51.0 Å². The second-order valence-electron chi connectivity index (χ2n) is 11.4. The fourth-order valence-corrected chi connectivity index (χ4v) is 7.00. The molecule has 0 spiro atoms. The van der Waals surface area contributed by atoms with Gasteiger partial charge in [0.15, 0.2) is 5.82 Å². The first-order valence-corrected chi connectivity index (χ1v) is 13.7. The maximum Gasteiger partial charge on any atom is 0.159 e. The molecule has 3 atom stereocenters. The van der Waals surface area contributed by atoms with Crippen molar-refractivity contribution in [3.63, 3.8) is 0 Å². The molecule has 2 bridgehead atoms. The number of likely N-dealkylation sites (tertiary alicyclic amines) is 1. The highest BCUT2D eigenvalue weighted by atomic mass is 16.5. The molecule has 196 valence electrons. The lowest BCUT2D eigenvalue weighted by molar-refractivity contribution is -0.0375. The van der Waals surface area contributed by atoms with E-state index < -0.39 is 5.60 Å². The van der Waals surface area contributed by atoms with Gasteiger partial charge in [0.2, 0.25) is 0 Å². The van der Waals surface area contributed by atoms with Crippen LogP contribution < -0.4 is 4.90 Å². The number of aliphatic hydroxyl groups is 1. The number of anilines is 1. The number of hydrogen-bond acceptors (Lipinski definition) is 8. The van der Waals surface area contributed by atoms with Crippen LogP contribution in [0.2, 0.25) is 0 Å². The number of morpholine rings is 1. The molecular weight excluding hydrogens is 468 g/mol. The summed E-state index contributed by atoms with van der Waals surface area (Å²) >= 11 is 0. The molecule has 37 heavy (non-hydrogen) atoms. The molecule has 3 unspecified atom stereocenters. The van der Waals surface area contributed by atoms with E-state index in [0.29, 0.717) is 30.9 Å². The van der Waals surface area contributed by atoms with E-state index in [1.54, 1.807) is 0 Å². The summed E-state index contributed by atoms with van der Waals surface area (Å²) in [6.45, 7) is 9.56. The number of nitrogens with zero attached hydrogens (tertiary/aromatic N) is 6. The van der Waals surface area contributed by atoms with E-state index in [1.165, 1.54) is 30.4 Å². The molecular formula is C28H36N6O3. The summed E-state index contributed by atoms with van der Waals surface area (Å²) in [7, 11) is 0. The number of hydrogen-bond donors (Lipinski definition) is 1. The Balaban J connectivity index is 1.18. The van der Waals surface area contributed by atoms with Crippen molar-refractivity contribution in [1.29, 1.82) is 0 Å². The van der Waals surface area contributed by atoms with Crippen LogP contribution in [0.5, 0.6) is 0 Å². The largest absolute Gasteiger partial charge is 0.393 e. The summed E-state index contributed by atoms with van der Waals surface area (Å²) in [5, 5.41) is 15.8. The normalized spacial score (nSPS) is 28.7. The first-order chi connectivity index (χ1) is 18.0.